The lowest BCUT2D eigenvalue weighted by Gasteiger charge is -2.23. The minimum absolute atomic E-state index is 0.129. The average molecular weight is 578 g/mol. The summed E-state index contributed by atoms with van der Waals surface area (Å²) in [5.41, 5.74) is 3.17. The molecular weight excluding hydrogens is 546 g/mol. The summed E-state index contributed by atoms with van der Waals surface area (Å²) in [6.45, 7) is 0.129. The van der Waals surface area contributed by atoms with Crippen LogP contribution in [0, 0.1) is 0 Å². The summed E-state index contributed by atoms with van der Waals surface area (Å²) in [6, 6.07) is 18.8. The number of methoxy groups -OCH3 is 1. The summed E-state index contributed by atoms with van der Waals surface area (Å²) < 4.78 is 31.7. The van der Waals surface area contributed by atoms with Crippen molar-refractivity contribution in [3.63, 3.8) is 0 Å². The predicted octanol–water partition coefficient (Wildman–Crippen LogP) is 3.73. The molecule has 1 aromatic heterocycles. The molecule has 41 heavy (non-hydrogen) atoms. The fraction of sp³-hybridized carbons (Fsp3) is 0.207. The van der Waals surface area contributed by atoms with Crippen LogP contribution in [0.5, 0.6) is 5.88 Å². The number of hydrogen-bond acceptors (Lipinski definition) is 8. The van der Waals surface area contributed by atoms with Gasteiger partial charge in [-0.05, 0) is 44.4 Å². The Bertz CT molecular complexity index is 1750. The topological polar surface area (TPSA) is 144 Å². The lowest BCUT2D eigenvalue weighted by molar-refractivity contribution is -0.118. The molecule has 3 N–H and O–H groups in total. The van der Waals surface area contributed by atoms with Crippen LogP contribution in [0.15, 0.2) is 71.7 Å². The third kappa shape index (κ3) is 6.73. The summed E-state index contributed by atoms with van der Waals surface area (Å²) >= 11 is 0. The highest BCUT2D eigenvalue weighted by molar-refractivity contribution is 7.92. The van der Waals surface area contributed by atoms with Gasteiger partial charge in [-0.15, -0.1) is 0 Å². The van der Waals surface area contributed by atoms with E-state index in [1.54, 1.807) is 56.4 Å². The Kier molecular flexibility index (Phi) is 8.45. The Balaban J connectivity index is 1.90. The molecule has 12 heteroatoms. The van der Waals surface area contributed by atoms with Crippen molar-refractivity contribution in [1.82, 2.24) is 9.88 Å². The van der Waals surface area contributed by atoms with Gasteiger partial charge >= 0.3 is 5.97 Å². The van der Waals surface area contributed by atoms with Crippen LogP contribution in [-0.4, -0.2) is 82.0 Å². The lowest BCUT2D eigenvalue weighted by Crippen LogP contribution is -2.35. The number of sulfonamides is 1. The number of rotatable bonds is 9. The molecule has 1 heterocycles. The van der Waals surface area contributed by atoms with Crippen molar-refractivity contribution in [2.75, 3.05) is 50.7 Å². The number of carbonyl (C=O) groups excluding carboxylic acids is 2. The number of likely N-dealkylation sites (N-methyl/N-ethyl adjacent to an activating group) is 2. The summed E-state index contributed by atoms with van der Waals surface area (Å²) in [7, 11) is 2.69. The Labute approximate surface area is 238 Å². The fourth-order valence-corrected chi connectivity index (χ4v) is 4.90. The number of anilines is 2. The number of amides is 1. The number of H-pyrrole nitrogens is 1. The monoisotopic (exact) mass is 577 g/mol. The van der Waals surface area contributed by atoms with Crippen LogP contribution in [0.25, 0.3) is 10.9 Å². The van der Waals surface area contributed by atoms with E-state index in [2.05, 4.69) is 9.71 Å². The number of hydrogen-bond donors (Lipinski definition) is 3. The van der Waals surface area contributed by atoms with Crippen molar-refractivity contribution in [3.8, 4) is 5.88 Å². The average Bonchev–Trinajstić information content (AvgIpc) is 3.24. The molecule has 0 unspecified atom stereocenters. The number of fused-ring (bicyclic) bond motifs is 1. The summed E-state index contributed by atoms with van der Waals surface area (Å²) in [5.74, 6) is -0.910. The van der Waals surface area contributed by atoms with Crippen molar-refractivity contribution in [1.29, 1.82) is 0 Å². The Morgan fingerprint density at radius 2 is 1.71 bits per heavy atom. The van der Waals surface area contributed by atoms with Crippen LogP contribution >= 0.6 is 0 Å². The van der Waals surface area contributed by atoms with Gasteiger partial charge in [-0.25, -0.2) is 18.2 Å². The van der Waals surface area contributed by atoms with Gasteiger partial charge in [-0.3, -0.25) is 9.52 Å². The molecule has 0 fully saturated rings. The number of aromatic amines is 1. The number of nitrogens with one attached hydrogen (secondary N) is 2. The molecule has 0 atom stereocenters. The molecule has 11 nitrogen and oxygen atoms in total. The van der Waals surface area contributed by atoms with Crippen LogP contribution in [0.1, 0.15) is 21.5 Å². The molecular formula is C29H31N5O6S. The third-order valence-electron chi connectivity index (χ3n) is 6.19. The van der Waals surface area contributed by atoms with E-state index < -0.39 is 16.0 Å². The zero-order valence-corrected chi connectivity index (χ0v) is 24.1. The molecule has 0 aliphatic carbocycles. The molecule has 0 saturated heterocycles. The van der Waals surface area contributed by atoms with Crippen LogP contribution in [-0.2, 0) is 19.6 Å². The van der Waals surface area contributed by atoms with Crippen molar-refractivity contribution < 1.29 is 27.9 Å². The van der Waals surface area contributed by atoms with Crippen LogP contribution < -0.4 is 9.62 Å². The maximum atomic E-state index is 12.7. The Morgan fingerprint density at radius 1 is 1.00 bits per heavy atom. The molecule has 0 radical (unpaired) electrons. The van der Waals surface area contributed by atoms with Crippen molar-refractivity contribution >= 4 is 55.6 Å². The minimum Gasteiger partial charge on any atom is -0.494 e. The smallest absolute Gasteiger partial charge is 0.337 e. The highest BCUT2D eigenvalue weighted by atomic mass is 32.2. The van der Waals surface area contributed by atoms with Gasteiger partial charge in [-0.2, -0.15) is 0 Å². The maximum Gasteiger partial charge on any atom is 0.337 e. The first kappa shape index (κ1) is 29.3. The minimum atomic E-state index is -3.70. The van der Waals surface area contributed by atoms with E-state index in [0.717, 1.165) is 6.26 Å². The molecule has 4 aromatic rings. The maximum absolute atomic E-state index is 12.7. The van der Waals surface area contributed by atoms with Gasteiger partial charge < -0.3 is 24.6 Å². The van der Waals surface area contributed by atoms with E-state index >= 15 is 0 Å². The van der Waals surface area contributed by atoms with Crippen molar-refractivity contribution in [3.05, 3.63) is 83.4 Å². The van der Waals surface area contributed by atoms with E-state index in [4.69, 9.17) is 9.73 Å². The van der Waals surface area contributed by atoms with E-state index in [0.29, 0.717) is 44.7 Å². The molecule has 0 saturated carbocycles. The van der Waals surface area contributed by atoms with Crippen molar-refractivity contribution in [2.24, 2.45) is 4.99 Å². The van der Waals surface area contributed by atoms with Gasteiger partial charge in [0.15, 0.2) is 5.88 Å². The van der Waals surface area contributed by atoms with Gasteiger partial charge in [0.1, 0.15) is 0 Å². The molecule has 214 valence electrons. The molecule has 3 aromatic carbocycles. The summed E-state index contributed by atoms with van der Waals surface area (Å²) in [5, 5.41) is 11.6. The number of aromatic nitrogens is 1. The fourth-order valence-electron chi connectivity index (χ4n) is 4.34. The quantitative estimate of drug-likeness (QED) is 0.203. The first-order valence-electron chi connectivity index (χ1n) is 12.5. The molecule has 4 rings (SSSR count). The number of esters is 1. The van der Waals surface area contributed by atoms with Crippen LogP contribution in [0.3, 0.4) is 0 Å². The molecule has 0 spiro atoms. The highest BCUT2D eigenvalue weighted by Gasteiger charge is 2.21. The first-order chi connectivity index (χ1) is 19.4. The highest BCUT2D eigenvalue weighted by Crippen LogP contribution is 2.35. The second kappa shape index (κ2) is 11.8. The molecule has 1 amide bonds. The summed E-state index contributed by atoms with van der Waals surface area (Å²) in [6.07, 6.45) is 1.02. The van der Waals surface area contributed by atoms with E-state index in [9.17, 15) is 23.1 Å². The Hall–Kier alpha value is -4.68. The first-order valence-corrected chi connectivity index (χ1v) is 14.4. The van der Waals surface area contributed by atoms with Crippen LogP contribution in [0.4, 0.5) is 17.1 Å². The summed E-state index contributed by atoms with van der Waals surface area (Å²) in [4.78, 5) is 35.6. The zero-order valence-electron chi connectivity index (χ0n) is 23.3. The number of aliphatic imine (C=N–C) groups is 1. The van der Waals surface area contributed by atoms with E-state index in [1.165, 1.54) is 18.1 Å². The SMILES string of the molecule is COC(=O)c1ccc2c(C(=Nc3ccc(N(C)C(=O)CN(C)C)c(NS(C)(=O)=O)c3)c3ccccc3)c(O)[nH]c2c1. The van der Waals surface area contributed by atoms with Gasteiger partial charge in [0.2, 0.25) is 15.9 Å². The number of carbonyl (C=O) groups is 2. The molecule has 0 aliphatic rings. The normalized spacial score (nSPS) is 12.0. The number of aromatic hydroxyl groups is 1. The lowest BCUT2D eigenvalue weighted by atomic mass is 10.00. The number of ether oxygens (including phenoxy) is 1. The zero-order chi connectivity index (χ0) is 29.9. The number of benzene rings is 3. The predicted molar refractivity (Wildman–Crippen MR) is 160 cm³/mol. The second-order valence-electron chi connectivity index (χ2n) is 9.69. The standard InChI is InChI=1S/C29H31N5O6S/c1-33(2)17-25(35)34(3)24-14-12-20(16-23(24)32-41(5,38)39)30-27(18-9-7-6-8-10-18)26-21-13-11-19(29(37)40-4)15-22(21)31-28(26)36/h6-16,31-32,36H,17H2,1-5H3. The van der Waals surface area contributed by atoms with Gasteiger partial charge in [0, 0.05) is 23.5 Å². The molecule has 0 aliphatic heterocycles. The van der Waals surface area contributed by atoms with Crippen LogP contribution in [0.2, 0.25) is 0 Å². The largest absolute Gasteiger partial charge is 0.494 e. The van der Waals surface area contributed by atoms with Gasteiger partial charge in [0.25, 0.3) is 0 Å². The van der Waals surface area contributed by atoms with E-state index in [1.807, 2.05) is 30.3 Å². The molecule has 0 bridgehead atoms. The van der Waals surface area contributed by atoms with Gasteiger partial charge in [0.05, 0.1) is 53.8 Å². The third-order valence-corrected chi connectivity index (χ3v) is 6.78. The van der Waals surface area contributed by atoms with Crippen molar-refractivity contribution in [2.45, 2.75) is 0 Å². The van der Waals surface area contributed by atoms with Gasteiger partial charge in [-0.1, -0.05) is 36.4 Å². The second-order valence-corrected chi connectivity index (χ2v) is 11.4. The number of nitrogens with zero attached hydrogens (tertiary/aromatic N) is 3. The Morgan fingerprint density at radius 3 is 2.34 bits per heavy atom. The van der Waals surface area contributed by atoms with E-state index in [-0.39, 0.29) is 24.0 Å².